The molecular formula is C14H23F3N2O. The van der Waals surface area contributed by atoms with Crippen LogP contribution in [0.15, 0.2) is 0 Å². The molecule has 1 atom stereocenters. The van der Waals surface area contributed by atoms with E-state index in [4.69, 9.17) is 0 Å². The van der Waals surface area contributed by atoms with Crippen molar-refractivity contribution < 1.29 is 18.0 Å². The maximum absolute atomic E-state index is 12.6. The van der Waals surface area contributed by atoms with E-state index in [2.05, 4.69) is 5.32 Å². The molecule has 3 nitrogen and oxygen atoms in total. The van der Waals surface area contributed by atoms with E-state index in [9.17, 15) is 18.0 Å². The molecule has 0 bridgehead atoms. The van der Waals surface area contributed by atoms with Crippen LogP contribution in [0.5, 0.6) is 0 Å². The van der Waals surface area contributed by atoms with Crippen LogP contribution in [0.25, 0.3) is 0 Å². The molecule has 20 heavy (non-hydrogen) atoms. The van der Waals surface area contributed by atoms with Gasteiger partial charge in [0, 0.05) is 25.6 Å². The normalized spacial score (nSPS) is 31.9. The van der Waals surface area contributed by atoms with E-state index >= 15 is 0 Å². The molecule has 1 aliphatic heterocycles. The topological polar surface area (TPSA) is 32.3 Å². The predicted molar refractivity (Wildman–Crippen MR) is 70.2 cm³/mol. The molecule has 2 fully saturated rings. The fourth-order valence-corrected chi connectivity index (χ4v) is 3.30. The monoisotopic (exact) mass is 292 g/mol. The standard InChI is InChI=1S/C14H23F3N2O/c1-19(12-3-2-8-18-9-12)13(20)10-4-6-11(7-5-10)14(15,16)17/h10-12,18H,2-9H2,1H3. The van der Waals surface area contributed by atoms with Gasteiger partial charge in [-0.3, -0.25) is 4.79 Å². The third-order valence-corrected chi connectivity index (χ3v) is 4.71. The van der Waals surface area contributed by atoms with E-state index < -0.39 is 12.1 Å². The number of halogens is 3. The summed E-state index contributed by atoms with van der Waals surface area (Å²) < 4.78 is 37.8. The summed E-state index contributed by atoms with van der Waals surface area (Å²) in [6, 6.07) is 0.191. The fourth-order valence-electron chi connectivity index (χ4n) is 3.30. The van der Waals surface area contributed by atoms with Crippen molar-refractivity contribution in [1.29, 1.82) is 0 Å². The van der Waals surface area contributed by atoms with Crippen LogP contribution in [0.1, 0.15) is 38.5 Å². The lowest BCUT2D eigenvalue weighted by molar-refractivity contribution is -0.185. The average Bonchev–Trinajstić information content (AvgIpc) is 2.46. The summed E-state index contributed by atoms with van der Waals surface area (Å²) in [6.45, 7) is 1.77. The molecule has 1 N–H and O–H groups in total. The predicted octanol–water partition coefficient (Wildman–Crippen LogP) is 2.57. The van der Waals surface area contributed by atoms with E-state index in [1.165, 1.54) is 0 Å². The molecular weight excluding hydrogens is 269 g/mol. The summed E-state index contributed by atoms with van der Waals surface area (Å²) in [7, 11) is 1.79. The lowest BCUT2D eigenvalue weighted by Crippen LogP contribution is -2.49. The van der Waals surface area contributed by atoms with Gasteiger partial charge in [0.1, 0.15) is 0 Å². The minimum Gasteiger partial charge on any atom is -0.341 e. The molecule has 0 aromatic heterocycles. The third kappa shape index (κ3) is 3.65. The highest BCUT2D eigenvalue weighted by Gasteiger charge is 2.43. The van der Waals surface area contributed by atoms with Crippen molar-refractivity contribution in [2.75, 3.05) is 20.1 Å². The first kappa shape index (κ1) is 15.6. The summed E-state index contributed by atoms with van der Waals surface area (Å²) in [5.74, 6) is -1.41. The smallest absolute Gasteiger partial charge is 0.341 e. The van der Waals surface area contributed by atoms with Gasteiger partial charge in [-0.2, -0.15) is 13.2 Å². The van der Waals surface area contributed by atoms with Crippen molar-refractivity contribution >= 4 is 5.91 Å². The first-order chi connectivity index (χ1) is 9.39. The minimum atomic E-state index is -4.10. The van der Waals surface area contributed by atoms with Gasteiger partial charge >= 0.3 is 6.18 Å². The number of likely N-dealkylation sites (N-methyl/N-ethyl adjacent to an activating group) is 1. The Labute approximate surface area is 117 Å². The Morgan fingerprint density at radius 2 is 1.80 bits per heavy atom. The zero-order valence-corrected chi connectivity index (χ0v) is 11.9. The van der Waals surface area contributed by atoms with Crippen LogP contribution in [-0.2, 0) is 4.79 Å². The number of hydrogen-bond donors (Lipinski definition) is 1. The average molecular weight is 292 g/mol. The summed E-state index contributed by atoms with van der Waals surface area (Å²) >= 11 is 0. The lowest BCUT2D eigenvalue weighted by Gasteiger charge is -2.36. The van der Waals surface area contributed by atoms with Gasteiger partial charge in [-0.15, -0.1) is 0 Å². The Balaban J connectivity index is 1.85. The molecule has 1 unspecified atom stereocenters. The van der Waals surface area contributed by atoms with E-state index in [0.29, 0.717) is 12.8 Å². The minimum absolute atomic E-state index is 0.0272. The SMILES string of the molecule is CN(C(=O)C1CCC(C(F)(F)F)CC1)C1CCCNC1. The van der Waals surface area contributed by atoms with Crippen molar-refractivity contribution in [3.63, 3.8) is 0 Å². The number of piperidine rings is 1. The van der Waals surface area contributed by atoms with E-state index in [1.54, 1.807) is 11.9 Å². The van der Waals surface area contributed by atoms with Crippen LogP contribution >= 0.6 is 0 Å². The summed E-state index contributed by atoms with van der Waals surface area (Å²) in [5.41, 5.74) is 0. The first-order valence-electron chi connectivity index (χ1n) is 7.43. The number of nitrogens with one attached hydrogen (secondary N) is 1. The molecule has 1 heterocycles. The van der Waals surface area contributed by atoms with Gasteiger partial charge in [0.15, 0.2) is 0 Å². The van der Waals surface area contributed by atoms with Crippen molar-refractivity contribution in [3.05, 3.63) is 0 Å². The molecule has 1 aliphatic carbocycles. The van der Waals surface area contributed by atoms with E-state index in [0.717, 1.165) is 25.9 Å². The zero-order valence-electron chi connectivity index (χ0n) is 11.9. The molecule has 0 aromatic rings. The van der Waals surface area contributed by atoms with Crippen LogP contribution in [0, 0.1) is 11.8 Å². The van der Waals surface area contributed by atoms with Gasteiger partial charge < -0.3 is 10.2 Å². The van der Waals surface area contributed by atoms with Crippen LogP contribution in [0.2, 0.25) is 0 Å². The Bertz CT molecular complexity index is 332. The molecule has 0 radical (unpaired) electrons. The molecule has 0 aromatic carbocycles. The van der Waals surface area contributed by atoms with Crippen LogP contribution in [0.4, 0.5) is 13.2 Å². The largest absolute Gasteiger partial charge is 0.391 e. The Kier molecular flexibility index (Phi) is 4.94. The Morgan fingerprint density at radius 1 is 1.15 bits per heavy atom. The summed E-state index contributed by atoms with van der Waals surface area (Å²) in [4.78, 5) is 14.1. The highest BCUT2D eigenvalue weighted by molar-refractivity contribution is 5.79. The van der Waals surface area contributed by atoms with Gasteiger partial charge in [0.25, 0.3) is 0 Å². The van der Waals surface area contributed by atoms with E-state index in [1.807, 2.05) is 0 Å². The van der Waals surface area contributed by atoms with Crippen molar-refractivity contribution in [1.82, 2.24) is 10.2 Å². The number of alkyl halides is 3. The van der Waals surface area contributed by atoms with Gasteiger partial charge in [0.2, 0.25) is 5.91 Å². The van der Waals surface area contributed by atoms with Gasteiger partial charge in [0.05, 0.1) is 5.92 Å². The number of carbonyl (C=O) groups excluding carboxylic acids is 1. The van der Waals surface area contributed by atoms with Crippen LogP contribution < -0.4 is 5.32 Å². The molecule has 116 valence electrons. The first-order valence-corrected chi connectivity index (χ1v) is 7.43. The molecule has 6 heteroatoms. The number of carbonyl (C=O) groups is 1. The summed E-state index contributed by atoms with van der Waals surface area (Å²) in [6.07, 6.45) is -1.15. The second-order valence-corrected chi connectivity index (χ2v) is 6.04. The number of nitrogens with zero attached hydrogens (tertiary/aromatic N) is 1. The second kappa shape index (κ2) is 6.33. The van der Waals surface area contributed by atoms with Crippen LogP contribution in [0.3, 0.4) is 0 Å². The van der Waals surface area contributed by atoms with Gasteiger partial charge in [-0.25, -0.2) is 0 Å². The third-order valence-electron chi connectivity index (χ3n) is 4.71. The lowest BCUT2D eigenvalue weighted by atomic mass is 9.81. The maximum atomic E-state index is 12.6. The molecule has 1 saturated heterocycles. The highest BCUT2D eigenvalue weighted by atomic mass is 19.4. The second-order valence-electron chi connectivity index (χ2n) is 6.04. The maximum Gasteiger partial charge on any atom is 0.391 e. The molecule has 1 saturated carbocycles. The quantitative estimate of drug-likeness (QED) is 0.848. The van der Waals surface area contributed by atoms with Crippen molar-refractivity contribution in [2.24, 2.45) is 11.8 Å². The van der Waals surface area contributed by atoms with Crippen LogP contribution in [-0.4, -0.2) is 43.2 Å². The number of rotatable bonds is 2. The van der Waals surface area contributed by atoms with Gasteiger partial charge in [-0.1, -0.05) is 0 Å². The number of hydrogen-bond acceptors (Lipinski definition) is 2. The molecule has 2 rings (SSSR count). The zero-order chi connectivity index (χ0) is 14.8. The summed E-state index contributed by atoms with van der Waals surface area (Å²) in [5, 5.41) is 3.26. The number of amides is 1. The van der Waals surface area contributed by atoms with Gasteiger partial charge in [-0.05, 0) is 45.1 Å². The van der Waals surface area contributed by atoms with E-state index in [-0.39, 0.29) is 30.7 Å². The Hall–Kier alpha value is -0.780. The Morgan fingerprint density at radius 3 is 2.30 bits per heavy atom. The molecule has 1 amide bonds. The van der Waals surface area contributed by atoms with Crippen molar-refractivity contribution in [3.8, 4) is 0 Å². The fraction of sp³-hybridized carbons (Fsp3) is 0.929. The highest BCUT2D eigenvalue weighted by Crippen LogP contribution is 2.40. The molecule has 2 aliphatic rings. The van der Waals surface area contributed by atoms with Crippen molar-refractivity contribution in [2.45, 2.75) is 50.7 Å². The molecule has 0 spiro atoms.